The number of allylic oxidation sites excluding steroid dienone is 1. The third-order valence-electron chi connectivity index (χ3n) is 9.29. The zero-order valence-corrected chi connectivity index (χ0v) is 28.2. The molecule has 0 spiro atoms. The first-order chi connectivity index (χ1) is 20.0. The minimum absolute atomic E-state index is 0.0329. The van der Waals surface area contributed by atoms with Crippen LogP contribution < -0.4 is 4.74 Å². The van der Waals surface area contributed by atoms with Gasteiger partial charge in [0, 0.05) is 11.3 Å². The molecule has 3 heteroatoms. The van der Waals surface area contributed by atoms with Crippen LogP contribution in [0.15, 0.2) is 90.5 Å². The molecule has 0 amide bonds. The molecule has 1 aliphatic carbocycles. The van der Waals surface area contributed by atoms with Crippen molar-refractivity contribution in [2.75, 3.05) is 0 Å². The molecule has 3 aromatic carbocycles. The van der Waals surface area contributed by atoms with E-state index in [1.54, 1.807) is 0 Å². The number of hydrogen-bond acceptors (Lipinski definition) is 3. The lowest BCUT2D eigenvalue weighted by Gasteiger charge is -2.47. The summed E-state index contributed by atoms with van der Waals surface area (Å²) in [6, 6.07) is 25.5. The maximum Gasteiger partial charge on any atom is 0.126 e. The highest BCUT2D eigenvalue weighted by atomic mass is 16.5. The molecule has 43 heavy (non-hydrogen) atoms. The van der Waals surface area contributed by atoms with Gasteiger partial charge in [0.1, 0.15) is 11.4 Å². The average molecular weight is 581 g/mol. The molecule has 0 saturated heterocycles. The molecular formula is C40H52O3. The van der Waals surface area contributed by atoms with E-state index in [0.29, 0.717) is 0 Å². The Labute approximate surface area is 260 Å². The Morgan fingerprint density at radius 3 is 1.79 bits per heavy atom. The van der Waals surface area contributed by atoms with Gasteiger partial charge in [-0.05, 0) is 113 Å². The second-order valence-corrected chi connectivity index (χ2v) is 14.5. The molecule has 0 radical (unpaired) electrons. The number of aryl methyl sites for hydroxylation is 2. The fourth-order valence-corrected chi connectivity index (χ4v) is 6.14. The molecule has 4 rings (SSSR count). The van der Waals surface area contributed by atoms with Gasteiger partial charge in [-0.3, -0.25) is 0 Å². The van der Waals surface area contributed by atoms with Gasteiger partial charge in [0.05, 0.1) is 17.3 Å². The lowest BCUT2D eigenvalue weighted by molar-refractivity contribution is -0.0407. The molecule has 230 valence electrons. The van der Waals surface area contributed by atoms with E-state index in [1.165, 1.54) is 22.3 Å². The van der Waals surface area contributed by atoms with E-state index in [-0.39, 0.29) is 23.0 Å². The summed E-state index contributed by atoms with van der Waals surface area (Å²) >= 11 is 0. The van der Waals surface area contributed by atoms with Crippen LogP contribution in [0.2, 0.25) is 0 Å². The van der Waals surface area contributed by atoms with Crippen molar-refractivity contribution in [3.63, 3.8) is 0 Å². The summed E-state index contributed by atoms with van der Waals surface area (Å²) in [5, 5.41) is 10.7. The van der Waals surface area contributed by atoms with Gasteiger partial charge < -0.3 is 14.6 Å². The number of ether oxygens (including phenoxy) is 2. The molecule has 0 heterocycles. The predicted molar refractivity (Wildman–Crippen MR) is 181 cm³/mol. The Morgan fingerprint density at radius 2 is 1.30 bits per heavy atom. The minimum atomic E-state index is -0.912. The van der Waals surface area contributed by atoms with E-state index in [0.717, 1.165) is 28.9 Å². The van der Waals surface area contributed by atoms with Gasteiger partial charge in [-0.15, -0.1) is 0 Å². The van der Waals surface area contributed by atoms with Gasteiger partial charge >= 0.3 is 0 Å². The van der Waals surface area contributed by atoms with E-state index in [9.17, 15) is 5.11 Å². The normalized spacial score (nSPS) is 19.3. The number of rotatable bonds is 9. The molecular weight excluding hydrogens is 528 g/mol. The molecule has 0 aliphatic heterocycles. The topological polar surface area (TPSA) is 38.7 Å². The van der Waals surface area contributed by atoms with Crippen LogP contribution in [0.1, 0.15) is 102 Å². The van der Waals surface area contributed by atoms with E-state index < -0.39 is 11.2 Å². The summed E-state index contributed by atoms with van der Waals surface area (Å²) in [5.41, 5.74) is 5.68. The number of hydrogen-bond donors (Lipinski definition) is 1. The third kappa shape index (κ3) is 7.00. The second-order valence-electron chi connectivity index (χ2n) is 14.5. The van der Waals surface area contributed by atoms with Crippen molar-refractivity contribution in [2.24, 2.45) is 5.41 Å². The third-order valence-corrected chi connectivity index (χ3v) is 9.29. The molecule has 3 aromatic rings. The lowest BCUT2D eigenvalue weighted by atomic mass is 9.65. The van der Waals surface area contributed by atoms with Gasteiger partial charge in [0.15, 0.2) is 0 Å². The van der Waals surface area contributed by atoms with Crippen LogP contribution >= 0.6 is 0 Å². The maximum absolute atomic E-state index is 10.7. The van der Waals surface area contributed by atoms with Crippen molar-refractivity contribution in [2.45, 2.75) is 111 Å². The first-order valence-corrected chi connectivity index (χ1v) is 15.7. The highest BCUT2D eigenvalue weighted by Crippen LogP contribution is 2.50. The summed E-state index contributed by atoms with van der Waals surface area (Å²) in [6.45, 7) is 23.3. The van der Waals surface area contributed by atoms with Gasteiger partial charge in [0.2, 0.25) is 0 Å². The summed E-state index contributed by atoms with van der Waals surface area (Å²) in [4.78, 5) is 0. The Bertz CT molecular complexity index is 1440. The highest BCUT2D eigenvalue weighted by molar-refractivity contribution is 5.75. The number of benzene rings is 3. The largest absolute Gasteiger partial charge is 0.486 e. The predicted octanol–water partition coefficient (Wildman–Crippen LogP) is 10.1. The van der Waals surface area contributed by atoms with Gasteiger partial charge in [0.25, 0.3) is 0 Å². The van der Waals surface area contributed by atoms with E-state index in [4.69, 9.17) is 9.47 Å². The molecule has 1 aliphatic rings. The highest BCUT2D eigenvalue weighted by Gasteiger charge is 2.47. The summed E-state index contributed by atoms with van der Waals surface area (Å²) in [6.07, 6.45) is 5.46. The quantitative estimate of drug-likeness (QED) is 0.274. The Kier molecular flexibility index (Phi) is 9.22. The average Bonchev–Trinajstić information content (AvgIpc) is 2.94. The molecule has 3 atom stereocenters. The van der Waals surface area contributed by atoms with E-state index in [2.05, 4.69) is 147 Å². The molecule has 0 fully saturated rings. The zero-order chi connectivity index (χ0) is 31.8. The minimum Gasteiger partial charge on any atom is -0.486 e. The molecule has 0 saturated carbocycles. The summed E-state index contributed by atoms with van der Waals surface area (Å²) in [7, 11) is 0. The molecule has 1 N–H and O–H groups in total. The van der Waals surface area contributed by atoms with Crippen LogP contribution in [-0.2, 0) is 10.3 Å². The van der Waals surface area contributed by atoms with Crippen LogP contribution in [-0.4, -0.2) is 22.4 Å². The van der Waals surface area contributed by atoms with Crippen molar-refractivity contribution in [3.05, 3.63) is 118 Å². The Hall–Kier alpha value is -3.14. The lowest BCUT2D eigenvalue weighted by Crippen LogP contribution is -2.48. The van der Waals surface area contributed by atoms with Crippen molar-refractivity contribution >= 4 is 5.57 Å². The van der Waals surface area contributed by atoms with Crippen LogP contribution in [0.3, 0.4) is 0 Å². The SMILES string of the molecule is CC[C@@](C)(Oc1c(C)cc(C(C)(C)O)cc1C)C(C)(C)C1=CC(c2ccccc2)C(OC(C)(C)C)C(c2ccccc2)=C1. The fourth-order valence-electron chi connectivity index (χ4n) is 6.14. The summed E-state index contributed by atoms with van der Waals surface area (Å²) in [5.74, 6) is 0.924. The van der Waals surface area contributed by atoms with Crippen LogP contribution in [0.5, 0.6) is 5.75 Å². The summed E-state index contributed by atoms with van der Waals surface area (Å²) < 4.78 is 14.0. The van der Waals surface area contributed by atoms with Gasteiger partial charge in [-0.25, -0.2) is 0 Å². The van der Waals surface area contributed by atoms with Crippen molar-refractivity contribution < 1.29 is 14.6 Å². The molecule has 0 bridgehead atoms. The van der Waals surface area contributed by atoms with Gasteiger partial charge in [-0.2, -0.15) is 0 Å². The van der Waals surface area contributed by atoms with Crippen LogP contribution in [0, 0.1) is 19.3 Å². The number of aliphatic hydroxyl groups is 1. The molecule has 0 aromatic heterocycles. The first-order valence-electron chi connectivity index (χ1n) is 15.7. The standard InChI is InChI=1S/C40H52O3/c1-12-40(11,43-35-27(2)23-32(24-28(35)3)39(9,10)41)38(7,8)31-25-33(29-19-15-13-16-20-29)36(42-37(4,5)6)34(26-31)30-21-17-14-18-22-30/h13-26,33,36,41H,12H2,1-11H3/t33?,36?,40-/m1/s1. The zero-order valence-electron chi connectivity index (χ0n) is 28.2. The van der Waals surface area contributed by atoms with E-state index in [1.807, 2.05) is 13.8 Å². The Morgan fingerprint density at radius 1 is 0.767 bits per heavy atom. The van der Waals surface area contributed by atoms with Crippen molar-refractivity contribution in [1.82, 2.24) is 0 Å². The van der Waals surface area contributed by atoms with E-state index >= 15 is 0 Å². The van der Waals surface area contributed by atoms with Crippen molar-refractivity contribution in [3.8, 4) is 5.75 Å². The fraction of sp³-hybridized carbons (Fsp3) is 0.450. The first kappa shape index (κ1) is 32.8. The second kappa shape index (κ2) is 12.1. The van der Waals surface area contributed by atoms with Gasteiger partial charge in [-0.1, -0.05) is 93.6 Å². The molecule has 3 nitrogen and oxygen atoms in total. The maximum atomic E-state index is 10.7. The monoisotopic (exact) mass is 580 g/mol. The van der Waals surface area contributed by atoms with Crippen LogP contribution in [0.25, 0.3) is 5.57 Å². The van der Waals surface area contributed by atoms with Crippen LogP contribution in [0.4, 0.5) is 0 Å². The smallest absolute Gasteiger partial charge is 0.126 e. The molecule has 2 unspecified atom stereocenters. The Balaban J connectivity index is 1.87. The van der Waals surface area contributed by atoms with Crippen molar-refractivity contribution in [1.29, 1.82) is 0 Å².